The largest absolute Gasteiger partial charge is 0.478 e. The Morgan fingerprint density at radius 3 is 2.24 bits per heavy atom. The van der Waals surface area contributed by atoms with E-state index in [0.29, 0.717) is 11.5 Å². The van der Waals surface area contributed by atoms with E-state index in [-0.39, 0.29) is 11.3 Å². The van der Waals surface area contributed by atoms with Crippen molar-refractivity contribution in [3.8, 4) is 0 Å². The van der Waals surface area contributed by atoms with Gasteiger partial charge in [-0.2, -0.15) is 0 Å². The lowest BCUT2D eigenvalue weighted by atomic mass is 9.69. The summed E-state index contributed by atoms with van der Waals surface area (Å²) in [7, 11) is 0. The Labute approximate surface area is 200 Å². The highest BCUT2D eigenvalue weighted by Gasteiger charge is 2.31. The Bertz CT molecular complexity index is 937. The van der Waals surface area contributed by atoms with Gasteiger partial charge in [0.1, 0.15) is 0 Å². The lowest BCUT2D eigenvalue weighted by Crippen LogP contribution is -2.25. The molecule has 0 aliphatic heterocycles. The molecule has 0 saturated heterocycles. The van der Waals surface area contributed by atoms with Gasteiger partial charge >= 0.3 is 5.97 Å². The summed E-state index contributed by atoms with van der Waals surface area (Å²) < 4.78 is 0. The lowest BCUT2D eigenvalue weighted by molar-refractivity contribution is 0.0697. The number of aromatic carboxylic acids is 1. The van der Waals surface area contributed by atoms with Gasteiger partial charge in [-0.15, -0.1) is 0 Å². The van der Waals surface area contributed by atoms with Gasteiger partial charge in [-0.05, 0) is 47.6 Å². The van der Waals surface area contributed by atoms with Gasteiger partial charge in [0.25, 0.3) is 0 Å². The average molecular weight is 445 g/mol. The van der Waals surface area contributed by atoms with Crippen molar-refractivity contribution >= 4 is 5.97 Å². The number of carboxylic acids is 1. The van der Waals surface area contributed by atoms with Crippen LogP contribution in [-0.4, -0.2) is 11.1 Å². The fourth-order valence-electron chi connectivity index (χ4n) is 4.91. The zero-order valence-corrected chi connectivity index (χ0v) is 20.6. The Hall–Kier alpha value is -2.61. The molecule has 1 aliphatic rings. The van der Waals surface area contributed by atoms with Crippen molar-refractivity contribution < 1.29 is 9.90 Å². The van der Waals surface area contributed by atoms with Crippen molar-refractivity contribution in [2.75, 3.05) is 0 Å². The molecule has 1 atom stereocenters. The Morgan fingerprint density at radius 2 is 1.61 bits per heavy atom. The van der Waals surface area contributed by atoms with Gasteiger partial charge in [-0.3, -0.25) is 0 Å². The van der Waals surface area contributed by atoms with Crippen molar-refractivity contribution in [2.45, 2.75) is 83.5 Å². The van der Waals surface area contributed by atoms with Crippen LogP contribution in [0.15, 0.2) is 72.8 Å². The van der Waals surface area contributed by atoms with E-state index in [1.54, 1.807) is 12.1 Å². The van der Waals surface area contributed by atoms with Crippen molar-refractivity contribution in [2.24, 2.45) is 5.92 Å². The summed E-state index contributed by atoms with van der Waals surface area (Å²) in [6.45, 7) is 6.89. The summed E-state index contributed by atoms with van der Waals surface area (Å²) in [6, 6.07) is 16.3. The molecular weight excluding hydrogens is 404 g/mol. The summed E-state index contributed by atoms with van der Waals surface area (Å²) in [5.74, 6) is -0.0242. The van der Waals surface area contributed by atoms with Crippen molar-refractivity contribution in [1.82, 2.24) is 0 Å². The molecule has 0 aromatic heterocycles. The van der Waals surface area contributed by atoms with Crippen LogP contribution in [-0.2, 0) is 11.8 Å². The van der Waals surface area contributed by atoms with Crippen LogP contribution >= 0.6 is 0 Å². The van der Waals surface area contributed by atoms with Crippen LogP contribution in [0.5, 0.6) is 0 Å². The zero-order chi connectivity index (χ0) is 23.7. The fourth-order valence-corrected chi connectivity index (χ4v) is 4.91. The summed E-state index contributed by atoms with van der Waals surface area (Å²) in [5.41, 5.74) is 4.33. The third-order valence-corrected chi connectivity index (χ3v) is 7.22. The van der Waals surface area contributed by atoms with E-state index >= 15 is 0 Å². The Kier molecular flexibility index (Phi) is 9.11. The molecule has 176 valence electrons. The van der Waals surface area contributed by atoms with E-state index in [2.05, 4.69) is 69.3 Å². The third-order valence-electron chi connectivity index (χ3n) is 7.22. The maximum Gasteiger partial charge on any atom is 0.335 e. The number of rotatable bonds is 12. The predicted octanol–water partition coefficient (Wildman–Crippen LogP) is 8.48. The number of carboxylic acid groups (broad SMARTS) is 1. The molecular formula is C31H40O2. The molecule has 33 heavy (non-hydrogen) atoms. The maximum absolute atomic E-state index is 11.2. The first kappa shape index (κ1) is 25.0. The van der Waals surface area contributed by atoms with Crippen LogP contribution in [0.3, 0.4) is 0 Å². The minimum Gasteiger partial charge on any atom is -0.478 e. The molecule has 0 fully saturated rings. The van der Waals surface area contributed by atoms with Crippen LogP contribution in [0.2, 0.25) is 0 Å². The van der Waals surface area contributed by atoms with Gasteiger partial charge in [0.05, 0.1) is 5.56 Å². The molecule has 0 unspecified atom stereocenters. The first-order chi connectivity index (χ1) is 16.0. The number of hydrogen-bond donors (Lipinski definition) is 1. The molecule has 0 heterocycles. The molecule has 0 spiro atoms. The second-order valence-corrected chi connectivity index (χ2v) is 9.75. The zero-order valence-electron chi connectivity index (χ0n) is 20.6. The van der Waals surface area contributed by atoms with Gasteiger partial charge in [0.2, 0.25) is 0 Å². The molecule has 2 heteroatoms. The van der Waals surface area contributed by atoms with Crippen molar-refractivity contribution in [3.05, 3.63) is 95.1 Å². The van der Waals surface area contributed by atoms with Crippen LogP contribution in [0.1, 0.15) is 98.7 Å². The number of hydrogen-bond acceptors (Lipinski definition) is 1. The van der Waals surface area contributed by atoms with Crippen LogP contribution < -0.4 is 0 Å². The molecule has 1 aliphatic carbocycles. The minimum atomic E-state index is -0.878. The van der Waals surface area contributed by atoms with Gasteiger partial charge in [-0.25, -0.2) is 4.79 Å². The molecule has 2 nitrogen and oxygen atoms in total. The summed E-state index contributed by atoms with van der Waals surface area (Å²) >= 11 is 0. The van der Waals surface area contributed by atoms with Gasteiger partial charge in [0.15, 0.2) is 0 Å². The molecule has 0 bridgehead atoms. The summed E-state index contributed by atoms with van der Waals surface area (Å²) in [4.78, 5) is 11.2. The average Bonchev–Trinajstić information content (AvgIpc) is 2.84. The molecule has 0 saturated carbocycles. The Morgan fingerprint density at radius 1 is 0.939 bits per heavy atom. The van der Waals surface area contributed by atoms with Crippen molar-refractivity contribution in [3.63, 3.8) is 0 Å². The number of benzene rings is 2. The third kappa shape index (κ3) is 6.47. The predicted molar refractivity (Wildman–Crippen MR) is 139 cm³/mol. The van der Waals surface area contributed by atoms with E-state index in [4.69, 9.17) is 0 Å². The molecule has 1 N–H and O–H groups in total. The van der Waals surface area contributed by atoms with Crippen molar-refractivity contribution in [1.29, 1.82) is 0 Å². The number of unbranched alkanes of at least 4 members (excludes halogenated alkanes) is 4. The van der Waals surface area contributed by atoms with Crippen LogP contribution in [0.25, 0.3) is 0 Å². The second kappa shape index (κ2) is 12.0. The van der Waals surface area contributed by atoms with E-state index in [9.17, 15) is 9.90 Å². The standard InChI is InChI=1S/C31H40O2/c1-4-6-7-8-11-20-31(29-13-10-9-12-28(29)23-24(3)5-2)21-18-26(19-22-31)25-14-16-27(17-15-25)30(32)33/h9-10,12-19,21-22,24,26H,4-8,11,20,23H2,1-3H3,(H,32,33)/t24-,26?,31?/m0/s1. The maximum atomic E-state index is 11.2. The highest BCUT2D eigenvalue weighted by molar-refractivity contribution is 5.87. The monoisotopic (exact) mass is 444 g/mol. The molecule has 0 radical (unpaired) electrons. The number of allylic oxidation sites excluding steroid dienone is 4. The lowest BCUT2D eigenvalue weighted by Gasteiger charge is -2.34. The van der Waals surface area contributed by atoms with E-state index in [0.717, 1.165) is 18.4 Å². The fraction of sp³-hybridized carbons (Fsp3) is 0.452. The van der Waals surface area contributed by atoms with Crippen LogP contribution in [0, 0.1) is 5.92 Å². The van der Waals surface area contributed by atoms with Gasteiger partial charge in [0, 0.05) is 11.3 Å². The highest BCUT2D eigenvalue weighted by atomic mass is 16.4. The van der Waals surface area contributed by atoms with Gasteiger partial charge < -0.3 is 5.11 Å². The first-order valence-electron chi connectivity index (χ1n) is 12.8. The molecule has 3 rings (SSSR count). The normalized spacial score (nSPS) is 20.6. The smallest absolute Gasteiger partial charge is 0.335 e. The van der Waals surface area contributed by atoms with E-state index < -0.39 is 5.97 Å². The first-order valence-corrected chi connectivity index (χ1v) is 12.8. The number of carbonyl (C=O) groups is 1. The quantitative estimate of drug-likeness (QED) is 0.263. The molecule has 2 aromatic rings. The summed E-state index contributed by atoms with van der Waals surface area (Å²) in [6.07, 6.45) is 19.3. The van der Waals surface area contributed by atoms with E-state index in [1.807, 2.05) is 12.1 Å². The van der Waals surface area contributed by atoms with E-state index in [1.165, 1.54) is 49.7 Å². The summed E-state index contributed by atoms with van der Waals surface area (Å²) in [5, 5.41) is 9.20. The minimum absolute atomic E-state index is 0.0617. The highest BCUT2D eigenvalue weighted by Crippen LogP contribution is 2.41. The topological polar surface area (TPSA) is 37.3 Å². The van der Waals surface area contributed by atoms with Gasteiger partial charge in [-0.1, -0.05) is 120 Å². The SMILES string of the molecule is CCCCCCCC1(c2ccccc2C[C@@H](C)CC)C=CC(c2ccc(C(=O)O)cc2)C=C1. The second-order valence-electron chi connectivity index (χ2n) is 9.75. The van der Waals surface area contributed by atoms with Crippen LogP contribution in [0.4, 0.5) is 0 Å². The Balaban J connectivity index is 1.88. The molecule has 0 amide bonds. The molecule has 2 aromatic carbocycles.